The van der Waals surface area contributed by atoms with Crippen molar-refractivity contribution in [2.24, 2.45) is 0 Å². The van der Waals surface area contributed by atoms with Crippen LogP contribution in [0.1, 0.15) is 12.8 Å². The Labute approximate surface area is 180 Å². The zero-order valence-corrected chi connectivity index (χ0v) is 17.1. The van der Waals surface area contributed by atoms with E-state index in [0.717, 1.165) is 34.9 Å². The van der Waals surface area contributed by atoms with Crippen molar-refractivity contribution in [3.63, 3.8) is 0 Å². The highest BCUT2D eigenvalue weighted by Gasteiger charge is 2.24. The van der Waals surface area contributed by atoms with Crippen molar-refractivity contribution in [3.05, 3.63) is 73.4 Å². The number of pyridine rings is 1. The van der Waals surface area contributed by atoms with Gasteiger partial charge in [-0.1, -0.05) is 18.2 Å². The van der Waals surface area contributed by atoms with E-state index >= 15 is 0 Å². The van der Waals surface area contributed by atoms with Gasteiger partial charge in [0, 0.05) is 68.0 Å². The van der Waals surface area contributed by atoms with Gasteiger partial charge in [0.25, 0.3) is 0 Å². The molecule has 0 aliphatic carbocycles. The van der Waals surface area contributed by atoms with Crippen LogP contribution in [0.5, 0.6) is 6.01 Å². The molecule has 4 aromatic rings. The average Bonchev–Trinajstić information content (AvgIpc) is 3.23. The number of hydrogen-bond acceptors (Lipinski definition) is 5. The van der Waals surface area contributed by atoms with E-state index in [9.17, 15) is 4.79 Å². The molecule has 0 saturated carbocycles. The van der Waals surface area contributed by atoms with Gasteiger partial charge < -0.3 is 14.2 Å². The maximum Gasteiger partial charge on any atom is 0.316 e. The lowest BCUT2D eigenvalue weighted by atomic mass is 10.1. The fourth-order valence-corrected chi connectivity index (χ4v) is 3.97. The molecule has 1 amide bonds. The fourth-order valence-electron chi connectivity index (χ4n) is 3.97. The number of hydrogen-bond donors (Lipinski definition) is 0. The summed E-state index contributed by atoms with van der Waals surface area (Å²) in [6.45, 7) is 1.72. The number of piperidine rings is 1. The van der Waals surface area contributed by atoms with Crippen molar-refractivity contribution in [1.29, 1.82) is 0 Å². The summed E-state index contributed by atoms with van der Waals surface area (Å²) < 4.78 is 7.97. The second-order valence-electron chi connectivity index (χ2n) is 7.69. The molecule has 1 fully saturated rings. The van der Waals surface area contributed by atoms with Crippen molar-refractivity contribution < 1.29 is 9.53 Å². The van der Waals surface area contributed by atoms with Crippen molar-refractivity contribution in [3.8, 4) is 17.1 Å². The molecule has 0 N–H and O–H groups in total. The fraction of sp³-hybridized carbons (Fsp3) is 0.250. The minimum Gasteiger partial charge on any atom is -0.460 e. The Morgan fingerprint density at radius 3 is 2.48 bits per heavy atom. The third kappa shape index (κ3) is 4.26. The van der Waals surface area contributed by atoms with Gasteiger partial charge in [-0.2, -0.15) is 0 Å². The molecular formula is C24H23N5O2. The van der Waals surface area contributed by atoms with Gasteiger partial charge in [0.15, 0.2) is 0 Å². The summed E-state index contributed by atoms with van der Waals surface area (Å²) >= 11 is 0. The SMILES string of the molecule is O=C(Cn1ccc2ccccc21)N1CCC(Oc2ncc(-c3ccncc3)cn2)CC1. The van der Waals surface area contributed by atoms with Crippen LogP contribution in [0.2, 0.25) is 0 Å². The normalized spacial score (nSPS) is 14.6. The number of carbonyl (C=O) groups is 1. The predicted octanol–water partition coefficient (Wildman–Crippen LogP) is 3.56. The summed E-state index contributed by atoms with van der Waals surface area (Å²) in [6, 6.07) is 14.4. The van der Waals surface area contributed by atoms with Gasteiger partial charge in [-0.15, -0.1) is 0 Å². The number of carbonyl (C=O) groups excluding carboxylic acids is 1. The lowest BCUT2D eigenvalue weighted by Crippen LogP contribution is -2.43. The summed E-state index contributed by atoms with van der Waals surface area (Å²) in [6.07, 6.45) is 10.5. The molecule has 4 heterocycles. The number of amides is 1. The van der Waals surface area contributed by atoms with Crippen LogP contribution in [0, 0.1) is 0 Å². The highest BCUT2D eigenvalue weighted by molar-refractivity contribution is 5.83. The molecule has 1 saturated heterocycles. The summed E-state index contributed by atoms with van der Waals surface area (Å²) in [4.78, 5) is 27.4. The molecule has 0 bridgehead atoms. The maximum absolute atomic E-state index is 12.8. The second kappa shape index (κ2) is 8.55. The molecule has 0 spiro atoms. The molecule has 156 valence electrons. The van der Waals surface area contributed by atoms with Gasteiger partial charge in [-0.3, -0.25) is 9.78 Å². The molecule has 31 heavy (non-hydrogen) atoms. The van der Waals surface area contributed by atoms with E-state index in [0.29, 0.717) is 25.6 Å². The van der Waals surface area contributed by atoms with Gasteiger partial charge in [-0.05, 0) is 35.2 Å². The average molecular weight is 413 g/mol. The third-order valence-electron chi connectivity index (χ3n) is 5.69. The Hall–Kier alpha value is -3.74. The standard InChI is InChI=1S/C24H23N5O2/c30-23(17-29-12-7-19-3-1-2-4-22(19)29)28-13-8-21(9-14-28)31-24-26-15-20(16-27-24)18-5-10-25-11-6-18/h1-7,10-12,15-16,21H,8-9,13-14,17H2. The van der Waals surface area contributed by atoms with Gasteiger partial charge in [0.05, 0.1) is 0 Å². The summed E-state index contributed by atoms with van der Waals surface area (Å²) in [7, 11) is 0. The lowest BCUT2D eigenvalue weighted by molar-refractivity contribution is -0.133. The molecule has 1 aliphatic rings. The zero-order chi connectivity index (χ0) is 21.0. The Balaban J connectivity index is 1.15. The number of fused-ring (bicyclic) bond motifs is 1. The van der Waals surface area contributed by atoms with Crippen molar-refractivity contribution in [2.45, 2.75) is 25.5 Å². The van der Waals surface area contributed by atoms with E-state index in [-0.39, 0.29) is 12.0 Å². The lowest BCUT2D eigenvalue weighted by Gasteiger charge is -2.31. The zero-order valence-electron chi connectivity index (χ0n) is 17.1. The summed E-state index contributed by atoms with van der Waals surface area (Å²) in [5.74, 6) is 0.137. The smallest absolute Gasteiger partial charge is 0.316 e. The van der Waals surface area contributed by atoms with Crippen LogP contribution < -0.4 is 4.74 Å². The van der Waals surface area contributed by atoms with E-state index in [2.05, 4.69) is 21.0 Å². The van der Waals surface area contributed by atoms with Gasteiger partial charge in [-0.25, -0.2) is 9.97 Å². The first-order valence-electron chi connectivity index (χ1n) is 10.5. The van der Waals surface area contributed by atoms with Crippen LogP contribution >= 0.6 is 0 Å². The molecule has 1 aromatic carbocycles. The molecular weight excluding hydrogens is 390 g/mol. The molecule has 7 heteroatoms. The van der Waals surface area contributed by atoms with Crippen molar-refractivity contribution in [2.75, 3.05) is 13.1 Å². The van der Waals surface area contributed by atoms with Crippen LogP contribution in [-0.4, -0.2) is 49.5 Å². The first-order chi connectivity index (χ1) is 15.3. The Morgan fingerprint density at radius 1 is 0.968 bits per heavy atom. The van der Waals surface area contributed by atoms with Gasteiger partial charge in [0.1, 0.15) is 12.6 Å². The predicted molar refractivity (Wildman–Crippen MR) is 117 cm³/mol. The Morgan fingerprint density at radius 2 is 1.71 bits per heavy atom. The minimum absolute atomic E-state index is 0.0169. The van der Waals surface area contributed by atoms with E-state index in [1.165, 1.54) is 0 Å². The number of benzene rings is 1. The molecule has 5 rings (SSSR count). The Bertz CT molecular complexity index is 1170. The number of rotatable bonds is 5. The molecule has 0 unspecified atom stereocenters. The van der Waals surface area contributed by atoms with E-state index < -0.39 is 0 Å². The summed E-state index contributed by atoms with van der Waals surface area (Å²) in [5.41, 5.74) is 3.03. The number of aromatic nitrogens is 4. The maximum atomic E-state index is 12.8. The van der Waals surface area contributed by atoms with Crippen LogP contribution in [0.3, 0.4) is 0 Å². The number of likely N-dealkylation sites (tertiary alicyclic amines) is 1. The van der Waals surface area contributed by atoms with Crippen molar-refractivity contribution >= 4 is 16.8 Å². The second-order valence-corrected chi connectivity index (χ2v) is 7.69. The molecule has 3 aromatic heterocycles. The highest BCUT2D eigenvalue weighted by Crippen LogP contribution is 2.21. The van der Waals surface area contributed by atoms with Crippen LogP contribution in [0.4, 0.5) is 0 Å². The minimum atomic E-state index is 0.0169. The van der Waals surface area contributed by atoms with Crippen LogP contribution in [-0.2, 0) is 11.3 Å². The Kier molecular flexibility index (Phi) is 5.31. The van der Waals surface area contributed by atoms with E-state index in [1.807, 2.05) is 52.1 Å². The molecule has 1 aliphatic heterocycles. The first kappa shape index (κ1) is 19.2. The molecule has 0 radical (unpaired) electrons. The van der Waals surface area contributed by atoms with Crippen LogP contribution in [0.25, 0.3) is 22.0 Å². The van der Waals surface area contributed by atoms with E-state index in [1.54, 1.807) is 24.8 Å². The largest absolute Gasteiger partial charge is 0.460 e. The van der Waals surface area contributed by atoms with E-state index in [4.69, 9.17) is 4.74 Å². The highest BCUT2D eigenvalue weighted by atomic mass is 16.5. The molecule has 7 nitrogen and oxygen atoms in total. The van der Waals surface area contributed by atoms with Gasteiger partial charge >= 0.3 is 6.01 Å². The van der Waals surface area contributed by atoms with Crippen LogP contribution in [0.15, 0.2) is 73.4 Å². The topological polar surface area (TPSA) is 73.1 Å². The van der Waals surface area contributed by atoms with Crippen molar-refractivity contribution in [1.82, 2.24) is 24.4 Å². The number of nitrogens with zero attached hydrogens (tertiary/aromatic N) is 5. The molecule has 0 atom stereocenters. The van der Waals surface area contributed by atoms with Gasteiger partial charge in [0.2, 0.25) is 5.91 Å². The third-order valence-corrected chi connectivity index (χ3v) is 5.69. The number of para-hydroxylation sites is 1. The monoisotopic (exact) mass is 413 g/mol. The summed E-state index contributed by atoms with van der Waals surface area (Å²) in [5, 5.41) is 1.15. The first-order valence-corrected chi connectivity index (χ1v) is 10.5. The number of ether oxygens (including phenoxy) is 1. The quantitative estimate of drug-likeness (QED) is 0.500.